The van der Waals surface area contributed by atoms with Crippen LogP contribution in [0.2, 0.25) is 0 Å². The first-order valence-corrected chi connectivity index (χ1v) is 7.97. The number of hydrogen-bond donors (Lipinski definition) is 1. The van der Waals surface area contributed by atoms with E-state index in [0.29, 0.717) is 19.0 Å². The summed E-state index contributed by atoms with van der Waals surface area (Å²) in [4.78, 5) is 4.17. The Hall–Kier alpha value is -1.83. The molecule has 1 unspecified atom stereocenters. The van der Waals surface area contributed by atoms with Crippen LogP contribution in [0.5, 0.6) is 0 Å². The Morgan fingerprint density at radius 3 is 2.95 bits per heavy atom. The van der Waals surface area contributed by atoms with Gasteiger partial charge in [-0.05, 0) is 25.5 Å². The number of aliphatic imine (C=N–C) groups is 1. The van der Waals surface area contributed by atoms with Crippen molar-refractivity contribution in [3.8, 4) is 0 Å². The predicted octanol–water partition coefficient (Wildman–Crippen LogP) is 1.26. The molecule has 0 amide bonds. The lowest BCUT2D eigenvalue weighted by atomic mass is 10.1. The molecule has 0 radical (unpaired) electrons. The summed E-state index contributed by atoms with van der Waals surface area (Å²) in [5, 5.41) is 5.62. The third-order valence-corrected chi connectivity index (χ3v) is 4.10. The molecule has 1 N–H and O–H groups in total. The summed E-state index contributed by atoms with van der Waals surface area (Å²) in [6, 6.07) is 2.90. The summed E-state index contributed by atoms with van der Waals surface area (Å²) in [7, 11) is -3.76. The maximum Gasteiger partial charge on any atom is 0.297 e. The molecule has 0 saturated carbocycles. The minimum atomic E-state index is -3.76. The molecule has 8 heteroatoms. The number of hydrazone groups is 1. The zero-order chi connectivity index (χ0) is 14.6. The Kier molecular flexibility index (Phi) is 4.43. The molecular formula is C12H18N4O3S. The number of hydrogen-bond acceptors (Lipinski definition) is 5. The quantitative estimate of drug-likeness (QED) is 0.669. The molecular weight excluding hydrogens is 280 g/mol. The fraction of sp³-hybridized carbons (Fsp3) is 0.500. The average Bonchev–Trinajstić information content (AvgIpc) is 3.09. The number of nitrogens with zero attached hydrogens (tertiary/aromatic N) is 3. The van der Waals surface area contributed by atoms with Crippen molar-refractivity contribution in [1.29, 1.82) is 0 Å². The van der Waals surface area contributed by atoms with Crippen molar-refractivity contribution >= 4 is 22.2 Å². The molecule has 1 aromatic rings. The Balaban J connectivity index is 2.16. The van der Waals surface area contributed by atoms with Crippen molar-refractivity contribution in [2.24, 2.45) is 16.0 Å². The second kappa shape index (κ2) is 6.08. The van der Waals surface area contributed by atoms with E-state index in [1.165, 1.54) is 18.4 Å². The van der Waals surface area contributed by atoms with E-state index in [-0.39, 0.29) is 11.1 Å². The molecule has 110 valence electrons. The van der Waals surface area contributed by atoms with Crippen LogP contribution in [0, 0.1) is 5.92 Å². The molecule has 0 fully saturated rings. The highest BCUT2D eigenvalue weighted by molar-refractivity contribution is 7.89. The van der Waals surface area contributed by atoms with Gasteiger partial charge in [0.15, 0.2) is 0 Å². The smallest absolute Gasteiger partial charge is 0.297 e. The van der Waals surface area contributed by atoms with Gasteiger partial charge in [0.1, 0.15) is 0 Å². The van der Waals surface area contributed by atoms with Gasteiger partial charge in [0.25, 0.3) is 10.0 Å². The van der Waals surface area contributed by atoms with Crippen LogP contribution in [-0.2, 0) is 10.0 Å². The summed E-state index contributed by atoms with van der Waals surface area (Å²) in [5.74, 6) is 0.529. The normalized spacial score (nSPS) is 19.6. The van der Waals surface area contributed by atoms with E-state index < -0.39 is 10.0 Å². The zero-order valence-corrected chi connectivity index (χ0v) is 12.3. The van der Waals surface area contributed by atoms with E-state index in [1.54, 1.807) is 5.01 Å². The van der Waals surface area contributed by atoms with Crippen molar-refractivity contribution in [2.45, 2.75) is 25.4 Å². The molecule has 2 rings (SSSR count). The molecule has 2 heterocycles. The van der Waals surface area contributed by atoms with Crippen LogP contribution < -0.4 is 4.72 Å². The van der Waals surface area contributed by atoms with Gasteiger partial charge in [-0.3, -0.25) is 4.99 Å². The van der Waals surface area contributed by atoms with Crippen LogP contribution >= 0.6 is 0 Å². The summed E-state index contributed by atoms with van der Waals surface area (Å²) in [5.41, 5.74) is 0. The molecule has 0 bridgehead atoms. The molecule has 0 spiro atoms. The number of furan rings is 1. The molecule has 20 heavy (non-hydrogen) atoms. The molecule has 0 saturated heterocycles. The maximum atomic E-state index is 12.1. The molecule has 1 atom stereocenters. The van der Waals surface area contributed by atoms with E-state index >= 15 is 0 Å². The van der Waals surface area contributed by atoms with Crippen LogP contribution in [-0.4, -0.2) is 38.7 Å². The van der Waals surface area contributed by atoms with Gasteiger partial charge in [-0.15, -0.1) is 0 Å². The van der Waals surface area contributed by atoms with E-state index in [9.17, 15) is 8.42 Å². The first kappa shape index (κ1) is 14.6. The fourth-order valence-electron chi connectivity index (χ4n) is 1.77. The molecule has 1 aliphatic heterocycles. The van der Waals surface area contributed by atoms with Gasteiger partial charge in [0.2, 0.25) is 11.1 Å². The Morgan fingerprint density at radius 2 is 2.40 bits per heavy atom. The third-order valence-electron chi connectivity index (χ3n) is 2.89. The summed E-state index contributed by atoms with van der Waals surface area (Å²) in [6.45, 7) is 4.97. The topological polar surface area (TPSA) is 87.3 Å². The van der Waals surface area contributed by atoms with Crippen molar-refractivity contribution in [3.05, 3.63) is 18.4 Å². The lowest BCUT2D eigenvalue weighted by Gasteiger charge is -2.18. The second-order valence-corrected chi connectivity index (χ2v) is 5.96. The largest absolute Gasteiger partial charge is 0.451 e. The van der Waals surface area contributed by atoms with Crippen LogP contribution in [0.3, 0.4) is 0 Å². The van der Waals surface area contributed by atoms with Crippen molar-refractivity contribution < 1.29 is 12.8 Å². The predicted molar refractivity (Wildman–Crippen MR) is 76.0 cm³/mol. The highest BCUT2D eigenvalue weighted by Crippen LogP contribution is 2.13. The number of guanidine groups is 1. The number of nitrogens with one attached hydrogen (secondary N) is 1. The van der Waals surface area contributed by atoms with Gasteiger partial charge in [-0.2, -0.15) is 13.5 Å². The summed E-state index contributed by atoms with van der Waals surface area (Å²) < 4.78 is 31.6. The molecule has 1 aliphatic rings. The standard InChI is InChI=1S/C12H18N4O3S/c1-3-10-8-14-16(9-10)12(13-4-2)15-20(17,18)11-6-5-7-19-11/h5-8,10H,3-4,9H2,1-2H3,(H,13,15). The van der Waals surface area contributed by atoms with Crippen LogP contribution in [0.4, 0.5) is 0 Å². The first-order valence-electron chi connectivity index (χ1n) is 6.49. The lowest BCUT2D eigenvalue weighted by molar-refractivity contribution is 0.424. The number of rotatable bonds is 4. The van der Waals surface area contributed by atoms with Gasteiger partial charge in [-0.1, -0.05) is 6.92 Å². The monoisotopic (exact) mass is 298 g/mol. The minimum Gasteiger partial charge on any atom is -0.451 e. The fourth-order valence-corrected chi connectivity index (χ4v) is 2.72. The molecule has 7 nitrogen and oxygen atoms in total. The van der Waals surface area contributed by atoms with Gasteiger partial charge < -0.3 is 4.42 Å². The Bertz CT molecular complexity index is 592. The minimum absolute atomic E-state index is 0.142. The Labute approximate surface area is 118 Å². The van der Waals surface area contributed by atoms with Gasteiger partial charge in [0.05, 0.1) is 12.8 Å². The van der Waals surface area contributed by atoms with Crippen LogP contribution in [0.1, 0.15) is 20.3 Å². The molecule has 0 aromatic carbocycles. The van der Waals surface area contributed by atoms with E-state index in [1.807, 2.05) is 13.1 Å². The first-order chi connectivity index (χ1) is 9.56. The van der Waals surface area contributed by atoms with Crippen molar-refractivity contribution in [3.63, 3.8) is 0 Å². The highest BCUT2D eigenvalue weighted by atomic mass is 32.2. The van der Waals surface area contributed by atoms with Crippen molar-refractivity contribution in [2.75, 3.05) is 13.1 Å². The zero-order valence-electron chi connectivity index (χ0n) is 11.5. The third kappa shape index (κ3) is 3.19. The summed E-state index contributed by atoms with van der Waals surface area (Å²) in [6.07, 6.45) is 4.07. The van der Waals surface area contributed by atoms with E-state index in [0.717, 1.165) is 6.42 Å². The average molecular weight is 298 g/mol. The second-order valence-electron chi connectivity index (χ2n) is 4.35. The Morgan fingerprint density at radius 1 is 1.60 bits per heavy atom. The van der Waals surface area contributed by atoms with Gasteiger partial charge >= 0.3 is 0 Å². The van der Waals surface area contributed by atoms with Gasteiger partial charge in [0, 0.05) is 18.7 Å². The van der Waals surface area contributed by atoms with Crippen LogP contribution in [0.15, 0.2) is 38.0 Å². The summed E-state index contributed by atoms with van der Waals surface area (Å²) >= 11 is 0. The van der Waals surface area contributed by atoms with Gasteiger partial charge in [-0.25, -0.2) is 9.73 Å². The SMILES string of the molecule is CCN=C(NS(=O)(=O)c1ccco1)N1CC(CC)C=N1. The molecule has 1 aromatic heterocycles. The van der Waals surface area contributed by atoms with Crippen LogP contribution in [0.25, 0.3) is 0 Å². The lowest BCUT2D eigenvalue weighted by Crippen LogP contribution is -2.41. The van der Waals surface area contributed by atoms with Crippen molar-refractivity contribution in [1.82, 2.24) is 9.73 Å². The molecule has 0 aliphatic carbocycles. The highest BCUT2D eigenvalue weighted by Gasteiger charge is 2.26. The maximum absolute atomic E-state index is 12.1. The van der Waals surface area contributed by atoms with E-state index in [4.69, 9.17) is 4.42 Å². The van der Waals surface area contributed by atoms with E-state index in [2.05, 4.69) is 21.7 Å². The number of sulfonamides is 1.